The highest BCUT2D eigenvalue weighted by Crippen LogP contribution is 2.34. The molecule has 0 fully saturated rings. The van der Waals surface area contributed by atoms with Gasteiger partial charge >= 0.3 is 0 Å². The molecule has 2 aromatic carbocycles. The Bertz CT molecular complexity index is 932. The Labute approximate surface area is 144 Å². The SMILES string of the molecule is COc1ccc2c(ccn2CCC(=O)Nc2ccc3c(c2)OCO3)c1. The number of methoxy groups -OCH3 is 1. The second-order valence-corrected chi connectivity index (χ2v) is 5.80. The topological polar surface area (TPSA) is 61.7 Å². The fourth-order valence-corrected chi connectivity index (χ4v) is 2.92. The fourth-order valence-electron chi connectivity index (χ4n) is 2.92. The van der Waals surface area contributed by atoms with E-state index in [2.05, 4.69) is 9.88 Å². The molecule has 0 saturated heterocycles. The Morgan fingerprint density at radius 3 is 2.92 bits per heavy atom. The van der Waals surface area contributed by atoms with Crippen molar-refractivity contribution in [3.8, 4) is 17.2 Å². The van der Waals surface area contributed by atoms with E-state index in [4.69, 9.17) is 14.2 Å². The van der Waals surface area contributed by atoms with E-state index >= 15 is 0 Å². The van der Waals surface area contributed by atoms with Crippen molar-refractivity contribution >= 4 is 22.5 Å². The molecule has 1 aromatic heterocycles. The summed E-state index contributed by atoms with van der Waals surface area (Å²) in [6.45, 7) is 0.824. The van der Waals surface area contributed by atoms with Crippen LogP contribution >= 0.6 is 0 Å². The molecule has 4 rings (SSSR count). The summed E-state index contributed by atoms with van der Waals surface area (Å²) < 4.78 is 17.9. The summed E-state index contributed by atoms with van der Waals surface area (Å²) >= 11 is 0. The first-order valence-electron chi connectivity index (χ1n) is 8.05. The van der Waals surface area contributed by atoms with Gasteiger partial charge in [0.1, 0.15) is 5.75 Å². The maximum atomic E-state index is 12.2. The molecule has 0 radical (unpaired) electrons. The third-order valence-corrected chi connectivity index (χ3v) is 4.21. The Hall–Kier alpha value is -3.15. The molecule has 1 amide bonds. The Morgan fingerprint density at radius 1 is 1.16 bits per heavy atom. The van der Waals surface area contributed by atoms with Crippen LogP contribution in [0.3, 0.4) is 0 Å². The molecule has 1 aliphatic heterocycles. The van der Waals surface area contributed by atoms with Crippen molar-refractivity contribution in [1.29, 1.82) is 0 Å². The summed E-state index contributed by atoms with van der Waals surface area (Å²) in [6, 6.07) is 13.3. The summed E-state index contributed by atoms with van der Waals surface area (Å²) in [7, 11) is 1.65. The van der Waals surface area contributed by atoms with Crippen molar-refractivity contribution in [3.63, 3.8) is 0 Å². The number of nitrogens with zero attached hydrogens (tertiary/aromatic N) is 1. The number of ether oxygens (including phenoxy) is 3. The highest BCUT2D eigenvalue weighted by molar-refractivity contribution is 5.91. The second kappa shape index (κ2) is 6.39. The van der Waals surface area contributed by atoms with Crippen molar-refractivity contribution in [1.82, 2.24) is 4.57 Å². The van der Waals surface area contributed by atoms with Crippen LogP contribution in [0.1, 0.15) is 6.42 Å². The van der Waals surface area contributed by atoms with E-state index in [1.807, 2.05) is 36.5 Å². The molecule has 0 aliphatic carbocycles. The number of benzene rings is 2. The highest BCUT2D eigenvalue weighted by Gasteiger charge is 2.14. The minimum Gasteiger partial charge on any atom is -0.497 e. The lowest BCUT2D eigenvalue weighted by Gasteiger charge is -2.08. The Balaban J connectivity index is 1.40. The van der Waals surface area contributed by atoms with Gasteiger partial charge < -0.3 is 24.1 Å². The molecule has 25 heavy (non-hydrogen) atoms. The van der Waals surface area contributed by atoms with E-state index < -0.39 is 0 Å². The number of hydrogen-bond donors (Lipinski definition) is 1. The van der Waals surface area contributed by atoms with Gasteiger partial charge in [0.05, 0.1) is 7.11 Å². The van der Waals surface area contributed by atoms with E-state index in [-0.39, 0.29) is 12.7 Å². The second-order valence-electron chi connectivity index (χ2n) is 5.80. The molecule has 0 atom stereocenters. The first-order valence-corrected chi connectivity index (χ1v) is 8.05. The molecule has 0 spiro atoms. The minimum atomic E-state index is -0.0470. The maximum Gasteiger partial charge on any atom is 0.231 e. The smallest absolute Gasteiger partial charge is 0.231 e. The normalized spacial score (nSPS) is 12.4. The maximum absolute atomic E-state index is 12.2. The van der Waals surface area contributed by atoms with Crippen LogP contribution in [0.2, 0.25) is 0 Å². The number of rotatable bonds is 5. The van der Waals surface area contributed by atoms with Gasteiger partial charge in [-0.3, -0.25) is 4.79 Å². The lowest BCUT2D eigenvalue weighted by molar-refractivity contribution is -0.116. The molecule has 0 unspecified atom stereocenters. The van der Waals surface area contributed by atoms with Crippen molar-refractivity contribution in [3.05, 3.63) is 48.7 Å². The lowest BCUT2D eigenvalue weighted by Crippen LogP contribution is -2.14. The monoisotopic (exact) mass is 338 g/mol. The molecule has 1 N–H and O–H groups in total. The number of aryl methyl sites for hydroxylation is 1. The van der Waals surface area contributed by atoms with Gasteiger partial charge in [0.2, 0.25) is 12.7 Å². The molecule has 6 nitrogen and oxygen atoms in total. The van der Waals surface area contributed by atoms with Crippen LogP contribution in [0, 0.1) is 0 Å². The number of anilines is 1. The van der Waals surface area contributed by atoms with Gasteiger partial charge in [-0.25, -0.2) is 0 Å². The zero-order valence-corrected chi connectivity index (χ0v) is 13.8. The highest BCUT2D eigenvalue weighted by atomic mass is 16.7. The largest absolute Gasteiger partial charge is 0.497 e. The molecule has 1 aliphatic rings. The van der Waals surface area contributed by atoms with Crippen LogP contribution in [0.25, 0.3) is 10.9 Å². The average molecular weight is 338 g/mol. The zero-order chi connectivity index (χ0) is 17.2. The van der Waals surface area contributed by atoms with E-state index in [0.29, 0.717) is 30.2 Å². The number of hydrogen-bond acceptors (Lipinski definition) is 4. The van der Waals surface area contributed by atoms with E-state index in [1.165, 1.54) is 0 Å². The zero-order valence-electron chi connectivity index (χ0n) is 13.8. The number of fused-ring (bicyclic) bond motifs is 2. The number of aromatic nitrogens is 1. The summed E-state index contributed by atoms with van der Waals surface area (Å²) in [4.78, 5) is 12.2. The summed E-state index contributed by atoms with van der Waals surface area (Å²) in [5, 5.41) is 3.99. The predicted octanol–water partition coefficient (Wildman–Crippen LogP) is 3.41. The van der Waals surface area contributed by atoms with Crippen molar-refractivity contribution in [2.75, 3.05) is 19.2 Å². The van der Waals surface area contributed by atoms with Crippen LogP contribution in [0.5, 0.6) is 17.2 Å². The molecule has 2 heterocycles. The minimum absolute atomic E-state index is 0.0470. The van der Waals surface area contributed by atoms with Crippen LogP contribution in [0.4, 0.5) is 5.69 Å². The Kier molecular flexibility index (Phi) is 3.93. The molecule has 3 aromatic rings. The summed E-state index contributed by atoms with van der Waals surface area (Å²) in [5.41, 5.74) is 1.79. The van der Waals surface area contributed by atoms with Gasteiger partial charge in [-0.05, 0) is 36.4 Å². The third kappa shape index (κ3) is 3.10. The Morgan fingerprint density at radius 2 is 2.04 bits per heavy atom. The lowest BCUT2D eigenvalue weighted by atomic mass is 10.2. The fraction of sp³-hybridized carbons (Fsp3) is 0.211. The standard InChI is InChI=1S/C19H18N2O4/c1-23-15-3-4-16-13(10-15)6-8-21(16)9-7-19(22)20-14-2-5-17-18(11-14)25-12-24-17/h2-6,8,10-11H,7,9,12H2,1H3,(H,20,22). The number of amides is 1. The molecular formula is C19H18N2O4. The van der Waals surface area contributed by atoms with Gasteiger partial charge in [-0.1, -0.05) is 0 Å². The predicted molar refractivity (Wildman–Crippen MR) is 94.3 cm³/mol. The van der Waals surface area contributed by atoms with Crippen LogP contribution in [-0.4, -0.2) is 24.4 Å². The molecular weight excluding hydrogens is 320 g/mol. The van der Waals surface area contributed by atoms with Gasteiger partial charge in [0.25, 0.3) is 0 Å². The van der Waals surface area contributed by atoms with Gasteiger partial charge in [0.15, 0.2) is 11.5 Å². The number of carbonyl (C=O) groups is 1. The van der Waals surface area contributed by atoms with Crippen molar-refractivity contribution in [2.45, 2.75) is 13.0 Å². The van der Waals surface area contributed by atoms with Crippen molar-refractivity contribution in [2.24, 2.45) is 0 Å². The number of nitrogens with one attached hydrogen (secondary N) is 1. The van der Waals surface area contributed by atoms with Gasteiger partial charge in [-0.15, -0.1) is 0 Å². The summed E-state index contributed by atoms with van der Waals surface area (Å²) in [5.74, 6) is 2.13. The molecule has 0 bridgehead atoms. The third-order valence-electron chi connectivity index (χ3n) is 4.21. The molecule has 6 heteroatoms. The van der Waals surface area contributed by atoms with Crippen molar-refractivity contribution < 1.29 is 19.0 Å². The first-order chi connectivity index (χ1) is 12.2. The van der Waals surface area contributed by atoms with E-state index in [1.54, 1.807) is 19.2 Å². The van der Waals surface area contributed by atoms with E-state index in [0.717, 1.165) is 16.7 Å². The van der Waals surface area contributed by atoms with Gasteiger partial charge in [0, 0.05) is 41.8 Å². The van der Waals surface area contributed by atoms with Crippen LogP contribution in [-0.2, 0) is 11.3 Å². The van der Waals surface area contributed by atoms with E-state index in [9.17, 15) is 4.79 Å². The average Bonchev–Trinajstić information content (AvgIpc) is 3.25. The first kappa shape index (κ1) is 15.4. The molecule has 0 saturated carbocycles. The molecule has 128 valence electrons. The quantitative estimate of drug-likeness (QED) is 0.774. The van der Waals surface area contributed by atoms with Crippen LogP contribution in [0.15, 0.2) is 48.7 Å². The summed E-state index contributed by atoms with van der Waals surface area (Å²) in [6.07, 6.45) is 2.36. The van der Waals surface area contributed by atoms with Crippen LogP contribution < -0.4 is 19.5 Å². The van der Waals surface area contributed by atoms with Gasteiger partial charge in [-0.2, -0.15) is 0 Å². The number of carbonyl (C=O) groups excluding carboxylic acids is 1.